The van der Waals surface area contributed by atoms with E-state index in [1.165, 1.54) is 10.8 Å². The zero-order chi connectivity index (χ0) is 11.3. The third-order valence-corrected chi connectivity index (χ3v) is 2.49. The molecule has 1 aromatic heterocycles. The Morgan fingerprint density at radius 3 is 2.87 bits per heavy atom. The smallest absolute Gasteiger partial charge is 0.315 e. The number of halogens is 1. The summed E-state index contributed by atoms with van der Waals surface area (Å²) in [4.78, 5) is 24.6. The minimum Gasteiger partial charge on any atom is -0.315 e. The van der Waals surface area contributed by atoms with Crippen LogP contribution in [0.3, 0.4) is 0 Å². The first kappa shape index (κ1) is 12.2. The summed E-state index contributed by atoms with van der Waals surface area (Å²) in [6.45, 7) is 4.27. The van der Waals surface area contributed by atoms with Gasteiger partial charge in [0.15, 0.2) is 0 Å². The molecule has 1 heterocycles. The van der Waals surface area contributed by atoms with E-state index in [9.17, 15) is 9.59 Å². The van der Waals surface area contributed by atoms with E-state index in [4.69, 9.17) is 0 Å². The molecule has 0 fully saturated rings. The van der Waals surface area contributed by atoms with E-state index < -0.39 is 5.56 Å². The van der Waals surface area contributed by atoms with Crippen LogP contribution >= 0.6 is 15.9 Å². The molecule has 0 atom stereocenters. The first-order chi connectivity index (χ1) is 7.15. The van der Waals surface area contributed by atoms with Crippen molar-refractivity contribution in [3.8, 4) is 0 Å². The Morgan fingerprint density at radius 1 is 1.47 bits per heavy atom. The molecule has 0 amide bonds. The zero-order valence-electron chi connectivity index (χ0n) is 8.55. The van der Waals surface area contributed by atoms with Gasteiger partial charge in [0.2, 0.25) is 0 Å². The van der Waals surface area contributed by atoms with E-state index in [0.717, 1.165) is 13.0 Å². The largest absolute Gasteiger partial charge is 0.328 e. The average molecular weight is 276 g/mol. The fourth-order valence-corrected chi connectivity index (χ4v) is 1.50. The summed E-state index contributed by atoms with van der Waals surface area (Å²) in [7, 11) is 0. The minimum atomic E-state index is -0.391. The lowest BCUT2D eigenvalue weighted by atomic mass is 10.4. The van der Waals surface area contributed by atoms with E-state index in [0.29, 0.717) is 17.6 Å². The average Bonchev–Trinajstić information content (AvgIpc) is 2.20. The van der Waals surface area contributed by atoms with Gasteiger partial charge in [-0.05, 0) is 28.9 Å². The molecule has 6 heteroatoms. The van der Waals surface area contributed by atoms with E-state index in [1.807, 2.05) is 0 Å². The molecule has 0 unspecified atom stereocenters. The maximum Gasteiger partial charge on any atom is 0.328 e. The highest BCUT2D eigenvalue weighted by atomic mass is 79.9. The van der Waals surface area contributed by atoms with Crippen LogP contribution in [0.2, 0.25) is 0 Å². The van der Waals surface area contributed by atoms with Gasteiger partial charge in [0.25, 0.3) is 5.56 Å². The van der Waals surface area contributed by atoms with Gasteiger partial charge < -0.3 is 5.32 Å². The molecule has 0 aromatic carbocycles. The van der Waals surface area contributed by atoms with Crippen molar-refractivity contribution in [1.82, 2.24) is 14.9 Å². The molecular formula is C9H14BrN3O2. The van der Waals surface area contributed by atoms with Crippen molar-refractivity contribution in [2.45, 2.75) is 19.9 Å². The Bertz CT molecular complexity index is 424. The minimum absolute atomic E-state index is 0.373. The monoisotopic (exact) mass is 275 g/mol. The Hall–Kier alpha value is -0.880. The molecule has 0 saturated heterocycles. The molecule has 0 spiro atoms. The summed E-state index contributed by atoms with van der Waals surface area (Å²) in [6, 6.07) is 0. The number of aromatic amines is 1. The van der Waals surface area contributed by atoms with Crippen molar-refractivity contribution >= 4 is 15.9 Å². The standard InChI is InChI=1S/C9H14BrN3O2/c1-2-3-11-4-5-13-6-7(10)8(14)12-9(13)15/h6,11H,2-5H2,1H3,(H,12,14,15). The van der Waals surface area contributed by atoms with Crippen molar-refractivity contribution in [3.63, 3.8) is 0 Å². The second kappa shape index (κ2) is 5.87. The summed E-state index contributed by atoms with van der Waals surface area (Å²) >= 11 is 3.08. The first-order valence-electron chi connectivity index (χ1n) is 4.85. The Balaban J connectivity index is 2.66. The predicted octanol–water partition coefficient (Wildman–Crippen LogP) is 0.299. The molecule has 0 aliphatic carbocycles. The topological polar surface area (TPSA) is 66.9 Å². The number of hydrogen-bond donors (Lipinski definition) is 2. The van der Waals surface area contributed by atoms with Crippen molar-refractivity contribution in [2.24, 2.45) is 0 Å². The van der Waals surface area contributed by atoms with E-state index >= 15 is 0 Å². The van der Waals surface area contributed by atoms with E-state index in [1.54, 1.807) is 0 Å². The van der Waals surface area contributed by atoms with Crippen molar-refractivity contribution < 1.29 is 0 Å². The van der Waals surface area contributed by atoms with Gasteiger partial charge in [-0.3, -0.25) is 14.3 Å². The van der Waals surface area contributed by atoms with Crippen LogP contribution in [0, 0.1) is 0 Å². The Morgan fingerprint density at radius 2 is 2.20 bits per heavy atom. The van der Waals surface area contributed by atoms with Crippen LogP contribution in [-0.4, -0.2) is 22.6 Å². The van der Waals surface area contributed by atoms with Gasteiger partial charge >= 0.3 is 5.69 Å². The van der Waals surface area contributed by atoms with Gasteiger partial charge in [0, 0.05) is 19.3 Å². The fraction of sp³-hybridized carbons (Fsp3) is 0.556. The predicted molar refractivity (Wildman–Crippen MR) is 62.2 cm³/mol. The molecule has 1 rings (SSSR count). The van der Waals surface area contributed by atoms with Gasteiger partial charge in [-0.1, -0.05) is 6.92 Å². The van der Waals surface area contributed by atoms with Crippen LogP contribution < -0.4 is 16.6 Å². The summed E-state index contributed by atoms with van der Waals surface area (Å²) < 4.78 is 1.84. The van der Waals surface area contributed by atoms with Gasteiger partial charge in [-0.25, -0.2) is 4.79 Å². The molecule has 0 bridgehead atoms. The Labute approximate surface area is 95.6 Å². The van der Waals surface area contributed by atoms with Gasteiger partial charge in [-0.15, -0.1) is 0 Å². The van der Waals surface area contributed by atoms with Crippen LogP contribution in [0.25, 0.3) is 0 Å². The number of hydrogen-bond acceptors (Lipinski definition) is 3. The fourth-order valence-electron chi connectivity index (χ4n) is 1.15. The molecular weight excluding hydrogens is 262 g/mol. The van der Waals surface area contributed by atoms with Gasteiger partial charge in [-0.2, -0.15) is 0 Å². The van der Waals surface area contributed by atoms with Crippen molar-refractivity contribution in [3.05, 3.63) is 31.5 Å². The molecule has 0 aliphatic heterocycles. The van der Waals surface area contributed by atoms with Crippen LogP contribution in [0.1, 0.15) is 13.3 Å². The first-order valence-corrected chi connectivity index (χ1v) is 5.64. The second-order valence-electron chi connectivity index (χ2n) is 3.18. The van der Waals surface area contributed by atoms with Crippen LogP contribution in [0.15, 0.2) is 20.3 Å². The SMILES string of the molecule is CCCNCCn1cc(Br)c(=O)[nH]c1=O. The molecule has 0 aliphatic rings. The molecule has 5 nitrogen and oxygen atoms in total. The maximum atomic E-state index is 11.3. The van der Waals surface area contributed by atoms with Gasteiger partial charge in [0.05, 0.1) is 4.47 Å². The van der Waals surface area contributed by atoms with Crippen molar-refractivity contribution in [2.75, 3.05) is 13.1 Å². The van der Waals surface area contributed by atoms with E-state index in [2.05, 4.69) is 33.2 Å². The zero-order valence-corrected chi connectivity index (χ0v) is 10.1. The molecule has 0 saturated carbocycles. The lowest BCUT2D eigenvalue weighted by Gasteiger charge is -2.05. The highest BCUT2D eigenvalue weighted by molar-refractivity contribution is 9.10. The third-order valence-electron chi connectivity index (χ3n) is 1.92. The Kier molecular flexibility index (Phi) is 4.77. The molecule has 0 radical (unpaired) electrons. The lowest BCUT2D eigenvalue weighted by Crippen LogP contribution is -2.33. The quantitative estimate of drug-likeness (QED) is 0.760. The van der Waals surface area contributed by atoms with Crippen molar-refractivity contribution in [1.29, 1.82) is 0 Å². The van der Waals surface area contributed by atoms with Gasteiger partial charge in [0.1, 0.15) is 0 Å². The normalized spacial score (nSPS) is 10.5. The van der Waals surface area contributed by atoms with E-state index in [-0.39, 0.29) is 5.69 Å². The summed E-state index contributed by atoms with van der Waals surface area (Å²) in [6.07, 6.45) is 2.57. The highest BCUT2D eigenvalue weighted by Crippen LogP contribution is 1.97. The number of nitrogens with one attached hydrogen (secondary N) is 2. The van der Waals surface area contributed by atoms with Crippen LogP contribution in [-0.2, 0) is 6.54 Å². The van der Waals surface area contributed by atoms with Crippen LogP contribution in [0.4, 0.5) is 0 Å². The number of aromatic nitrogens is 2. The lowest BCUT2D eigenvalue weighted by molar-refractivity contribution is 0.570. The molecule has 84 valence electrons. The number of nitrogens with zero attached hydrogens (tertiary/aromatic N) is 1. The summed E-state index contributed by atoms with van der Waals surface area (Å²) in [5.41, 5.74) is -0.765. The maximum absolute atomic E-state index is 11.3. The molecule has 2 N–H and O–H groups in total. The second-order valence-corrected chi connectivity index (χ2v) is 4.03. The number of H-pyrrole nitrogens is 1. The highest BCUT2D eigenvalue weighted by Gasteiger charge is 2.00. The summed E-state index contributed by atoms with van der Waals surface area (Å²) in [5.74, 6) is 0. The number of rotatable bonds is 5. The molecule has 1 aromatic rings. The van der Waals surface area contributed by atoms with Crippen LogP contribution in [0.5, 0.6) is 0 Å². The third kappa shape index (κ3) is 3.64. The summed E-state index contributed by atoms with van der Waals surface area (Å²) in [5, 5.41) is 3.18. The molecule has 15 heavy (non-hydrogen) atoms.